The zero-order chi connectivity index (χ0) is 10.6. The number of carbonyl (C=O) groups excluding carboxylic acids is 1. The maximum atomic E-state index is 10.8. The summed E-state index contributed by atoms with van der Waals surface area (Å²) in [6.45, 7) is -0.240. The summed E-state index contributed by atoms with van der Waals surface area (Å²) in [7, 11) is 5.51. The van der Waals surface area contributed by atoms with Crippen LogP contribution in [-0.4, -0.2) is 43.9 Å². The molecule has 0 spiro atoms. The first-order valence-corrected chi connectivity index (χ1v) is 4.36. The van der Waals surface area contributed by atoms with Crippen LogP contribution in [0.25, 0.3) is 0 Å². The number of nitrogens with two attached hydrogens (primary N) is 1. The fraction of sp³-hybridized carbons (Fsp3) is 0.857. The van der Waals surface area contributed by atoms with Crippen molar-refractivity contribution in [2.24, 2.45) is 5.84 Å². The number of hydrogen-bond donors (Lipinski definition) is 3. The monoisotopic (exact) mass is 200 g/mol. The van der Waals surface area contributed by atoms with Gasteiger partial charge in [0, 0.05) is 6.00 Å². The summed E-state index contributed by atoms with van der Waals surface area (Å²) in [5.74, 6) is 4.85. The zero-order valence-corrected chi connectivity index (χ0v) is 7.68. The van der Waals surface area contributed by atoms with Gasteiger partial charge in [-0.05, 0) is 12.8 Å². The van der Waals surface area contributed by atoms with Gasteiger partial charge in [0.15, 0.2) is 0 Å². The number of hydrogen-bond acceptors (Lipinski definition) is 5. The predicted octanol–water partition coefficient (Wildman–Crippen LogP) is -1.38. The molecule has 1 amide bonds. The van der Waals surface area contributed by atoms with E-state index in [0.29, 0.717) is 12.8 Å². The molecule has 1 fully saturated rings. The molecule has 0 bridgehead atoms. The summed E-state index contributed by atoms with van der Waals surface area (Å²) in [4.78, 5) is 10.8. The van der Waals surface area contributed by atoms with E-state index in [9.17, 15) is 4.79 Å². The number of rotatable bonds is 2. The van der Waals surface area contributed by atoms with Gasteiger partial charge in [0.2, 0.25) is 0 Å². The van der Waals surface area contributed by atoms with Crippen LogP contribution in [0.15, 0.2) is 0 Å². The minimum absolute atomic E-state index is 0.240. The number of ether oxygens (including phenoxy) is 2. The third kappa shape index (κ3) is 2.86. The molecule has 0 aromatic carbocycles. The maximum Gasteiger partial charge on any atom is 0.421 e. The van der Waals surface area contributed by atoms with E-state index in [2.05, 4.69) is 0 Å². The molecular formula is C7H13BN2O4. The molecule has 1 unspecified atom stereocenters. The van der Waals surface area contributed by atoms with Crippen LogP contribution >= 0.6 is 0 Å². The number of aliphatic hydroxyl groups is 1. The third-order valence-electron chi connectivity index (χ3n) is 2.06. The molecule has 0 saturated carbocycles. The Morgan fingerprint density at radius 1 is 1.71 bits per heavy atom. The Hall–Kier alpha value is -0.785. The highest BCUT2D eigenvalue weighted by Gasteiger charge is 2.31. The first-order chi connectivity index (χ1) is 6.67. The first-order valence-electron chi connectivity index (χ1n) is 4.36. The molecule has 1 rings (SSSR count). The van der Waals surface area contributed by atoms with E-state index in [4.69, 9.17) is 28.3 Å². The molecule has 2 radical (unpaired) electrons. The quantitative estimate of drug-likeness (QED) is 0.221. The smallest absolute Gasteiger partial charge is 0.421 e. The Balaban J connectivity index is 2.45. The lowest BCUT2D eigenvalue weighted by Gasteiger charge is -2.33. The molecule has 78 valence electrons. The molecule has 7 heteroatoms. The van der Waals surface area contributed by atoms with Crippen LogP contribution in [0.5, 0.6) is 0 Å². The van der Waals surface area contributed by atoms with E-state index < -0.39 is 24.3 Å². The lowest BCUT2D eigenvalue weighted by Crippen LogP contribution is -2.46. The highest BCUT2D eigenvalue weighted by molar-refractivity contribution is 6.11. The first kappa shape index (κ1) is 11.3. The molecule has 0 aromatic rings. The number of nitrogens with one attached hydrogen (secondary N) is 1. The van der Waals surface area contributed by atoms with Gasteiger partial charge in [-0.15, -0.1) is 0 Å². The molecule has 14 heavy (non-hydrogen) atoms. The molecule has 1 saturated heterocycles. The van der Waals surface area contributed by atoms with Gasteiger partial charge in [0.1, 0.15) is 20.1 Å². The van der Waals surface area contributed by atoms with Crippen molar-refractivity contribution in [3.63, 3.8) is 0 Å². The summed E-state index contributed by atoms with van der Waals surface area (Å²) in [6.07, 6.45) is -0.675. The van der Waals surface area contributed by atoms with Crippen molar-refractivity contribution in [3.8, 4) is 0 Å². The van der Waals surface area contributed by atoms with Gasteiger partial charge in [-0.2, -0.15) is 0 Å². The summed E-state index contributed by atoms with van der Waals surface area (Å²) in [5.41, 5.74) is 1.84. The normalized spacial score (nSPS) is 32.3. The molecule has 6 nitrogen and oxygen atoms in total. The Kier molecular flexibility index (Phi) is 4.18. The van der Waals surface area contributed by atoms with Crippen LogP contribution in [0, 0.1) is 0 Å². The van der Waals surface area contributed by atoms with E-state index in [0.717, 1.165) is 0 Å². The molecule has 0 aliphatic carbocycles. The summed E-state index contributed by atoms with van der Waals surface area (Å²) >= 11 is 0. The van der Waals surface area contributed by atoms with E-state index in [1.165, 1.54) is 0 Å². The maximum absolute atomic E-state index is 10.8. The lowest BCUT2D eigenvalue weighted by molar-refractivity contribution is -0.111. The topological polar surface area (TPSA) is 93.8 Å². The van der Waals surface area contributed by atoms with E-state index in [-0.39, 0.29) is 6.61 Å². The summed E-state index contributed by atoms with van der Waals surface area (Å²) < 4.78 is 10.1. The Labute approximate surface area is 83.1 Å². The van der Waals surface area contributed by atoms with Gasteiger partial charge >= 0.3 is 6.09 Å². The standard InChI is InChI=1S/C7H13BN2O4/c8-6-2-1-4(5(3-11)13-6)14-7(12)10-9/h4-6,11H,1-3,9H2,(H,10,12)/t4?,5-,6-/m1/s1. The highest BCUT2D eigenvalue weighted by atomic mass is 16.6. The Morgan fingerprint density at radius 2 is 2.43 bits per heavy atom. The largest absolute Gasteiger partial charge is 0.442 e. The average Bonchev–Trinajstić information content (AvgIpc) is 2.20. The van der Waals surface area contributed by atoms with Crippen LogP contribution < -0.4 is 11.3 Å². The number of hydrazine groups is 1. The number of amides is 1. The number of carbonyl (C=O) groups is 1. The van der Waals surface area contributed by atoms with Crippen molar-refractivity contribution in [1.29, 1.82) is 0 Å². The second-order valence-electron chi connectivity index (χ2n) is 3.06. The minimum Gasteiger partial charge on any atom is -0.442 e. The third-order valence-corrected chi connectivity index (χ3v) is 2.06. The van der Waals surface area contributed by atoms with Gasteiger partial charge < -0.3 is 14.6 Å². The van der Waals surface area contributed by atoms with Crippen molar-refractivity contribution >= 4 is 13.9 Å². The van der Waals surface area contributed by atoms with E-state index in [1.54, 1.807) is 0 Å². The van der Waals surface area contributed by atoms with Crippen LogP contribution in [0.1, 0.15) is 12.8 Å². The van der Waals surface area contributed by atoms with Gasteiger partial charge in [0.05, 0.1) is 6.61 Å². The average molecular weight is 200 g/mol. The molecular weight excluding hydrogens is 187 g/mol. The lowest BCUT2D eigenvalue weighted by atomic mass is 9.89. The fourth-order valence-corrected chi connectivity index (χ4v) is 1.36. The van der Waals surface area contributed by atoms with Gasteiger partial charge in [-0.1, -0.05) is 0 Å². The molecule has 0 aromatic heterocycles. The van der Waals surface area contributed by atoms with Crippen LogP contribution in [0.4, 0.5) is 4.79 Å². The van der Waals surface area contributed by atoms with Crippen LogP contribution in [-0.2, 0) is 9.47 Å². The highest BCUT2D eigenvalue weighted by Crippen LogP contribution is 2.20. The van der Waals surface area contributed by atoms with Crippen molar-refractivity contribution in [1.82, 2.24) is 5.43 Å². The van der Waals surface area contributed by atoms with Crippen molar-refractivity contribution < 1.29 is 19.4 Å². The number of aliphatic hydroxyl groups excluding tert-OH is 1. The zero-order valence-electron chi connectivity index (χ0n) is 7.68. The SMILES string of the molecule is [B][C@H]1CCC(OC(=O)NN)[C@@H](CO)O1. The summed E-state index contributed by atoms with van der Waals surface area (Å²) in [6, 6.07) is -0.409. The van der Waals surface area contributed by atoms with Crippen LogP contribution in [0.3, 0.4) is 0 Å². The van der Waals surface area contributed by atoms with E-state index >= 15 is 0 Å². The predicted molar refractivity (Wildman–Crippen MR) is 48.3 cm³/mol. The second-order valence-corrected chi connectivity index (χ2v) is 3.06. The van der Waals surface area contributed by atoms with Gasteiger partial charge in [-0.25, -0.2) is 10.6 Å². The molecule has 4 N–H and O–H groups in total. The molecule has 1 aliphatic heterocycles. The van der Waals surface area contributed by atoms with Gasteiger partial charge in [0.25, 0.3) is 0 Å². The summed E-state index contributed by atoms with van der Waals surface area (Å²) in [5, 5.41) is 8.94. The van der Waals surface area contributed by atoms with E-state index in [1.807, 2.05) is 5.43 Å². The Bertz CT molecular complexity index is 204. The van der Waals surface area contributed by atoms with Gasteiger partial charge in [-0.3, -0.25) is 5.43 Å². The molecule has 1 heterocycles. The molecule has 1 aliphatic rings. The minimum atomic E-state index is -0.743. The van der Waals surface area contributed by atoms with Crippen molar-refractivity contribution in [2.45, 2.75) is 31.1 Å². The second kappa shape index (κ2) is 5.18. The Morgan fingerprint density at radius 3 is 3.00 bits per heavy atom. The fourth-order valence-electron chi connectivity index (χ4n) is 1.36. The van der Waals surface area contributed by atoms with Crippen molar-refractivity contribution in [3.05, 3.63) is 0 Å². The van der Waals surface area contributed by atoms with Crippen LogP contribution in [0.2, 0.25) is 0 Å². The van der Waals surface area contributed by atoms with Crippen molar-refractivity contribution in [2.75, 3.05) is 6.61 Å². The molecule has 3 atom stereocenters.